The lowest BCUT2D eigenvalue weighted by atomic mass is 10.1. The molecule has 9 nitrogen and oxygen atoms in total. The Hall–Kier alpha value is -3.04. The van der Waals surface area contributed by atoms with Crippen LogP contribution in [0.25, 0.3) is 33.2 Å². The van der Waals surface area contributed by atoms with Crippen LogP contribution in [0.5, 0.6) is 0 Å². The van der Waals surface area contributed by atoms with Crippen molar-refractivity contribution in [3.05, 3.63) is 30.6 Å². The SMILES string of the molecule is COCCn1ncc2c(-c3cccc4[nH]ncc34)nc(N3CCOCC3)nc21. The Bertz CT molecular complexity index is 1110. The molecular weight excluding hydrogens is 358 g/mol. The monoisotopic (exact) mass is 379 g/mol. The number of hydrogen-bond acceptors (Lipinski definition) is 7. The topological polar surface area (TPSA) is 94.0 Å². The molecule has 0 bridgehead atoms. The van der Waals surface area contributed by atoms with E-state index >= 15 is 0 Å². The predicted molar refractivity (Wildman–Crippen MR) is 105 cm³/mol. The van der Waals surface area contributed by atoms with Crippen LogP contribution in [0.3, 0.4) is 0 Å². The van der Waals surface area contributed by atoms with Crippen molar-refractivity contribution in [2.45, 2.75) is 6.54 Å². The Morgan fingerprint density at radius 2 is 2.04 bits per heavy atom. The van der Waals surface area contributed by atoms with Gasteiger partial charge in [0.15, 0.2) is 5.65 Å². The van der Waals surface area contributed by atoms with Crippen molar-refractivity contribution in [2.75, 3.05) is 44.9 Å². The van der Waals surface area contributed by atoms with Crippen molar-refractivity contribution < 1.29 is 9.47 Å². The lowest BCUT2D eigenvalue weighted by Gasteiger charge is -2.27. The van der Waals surface area contributed by atoms with Gasteiger partial charge in [-0.25, -0.2) is 9.67 Å². The van der Waals surface area contributed by atoms with Crippen LogP contribution in [-0.2, 0) is 16.0 Å². The molecule has 9 heteroatoms. The van der Waals surface area contributed by atoms with Gasteiger partial charge in [-0.05, 0) is 6.07 Å². The number of nitrogens with one attached hydrogen (secondary N) is 1. The largest absolute Gasteiger partial charge is 0.383 e. The molecule has 1 aromatic carbocycles. The van der Waals surface area contributed by atoms with Crippen molar-refractivity contribution in [3.8, 4) is 11.3 Å². The van der Waals surface area contributed by atoms with E-state index in [0.29, 0.717) is 32.3 Å². The molecule has 0 amide bonds. The molecule has 1 saturated heterocycles. The van der Waals surface area contributed by atoms with Gasteiger partial charge in [-0.15, -0.1) is 0 Å². The van der Waals surface area contributed by atoms with Crippen LogP contribution >= 0.6 is 0 Å². The van der Waals surface area contributed by atoms with E-state index < -0.39 is 0 Å². The van der Waals surface area contributed by atoms with Gasteiger partial charge in [-0.1, -0.05) is 12.1 Å². The van der Waals surface area contributed by atoms with E-state index in [0.717, 1.165) is 46.3 Å². The van der Waals surface area contributed by atoms with Crippen molar-refractivity contribution in [1.29, 1.82) is 0 Å². The van der Waals surface area contributed by atoms with Crippen molar-refractivity contribution in [1.82, 2.24) is 29.9 Å². The van der Waals surface area contributed by atoms with Crippen LogP contribution in [0.15, 0.2) is 30.6 Å². The van der Waals surface area contributed by atoms with Crippen molar-refractivity contribution in [3.63, 3.8) is 0 Å². The predicted octanol–water partition coefficient (Wildman–Crippen LogP) is 1.85. The molecule has 0 spiro atoms. The fraction of sp³-hybridized carbons (Fsp3) is 0.368. The van der Waals surface area contributed by atoms with Gasteiger partial charge in [0.1, 0.15) is 0 Å². The first-order valence-electron chi connectivity index (χ1n) is 9.33. The third kappa shape index (κ3) is 2.88. The molecule has 0 radical (unpaired) electrons. The summed E-state index contributed by atoms with van der Waals surface area (Å²) in [6.07, 6.45) is 3.67. The van der Waals surface area contributed by atoms with E-state index in [2.05, 4.69) is 26.3 Å². The molecule has 4 heterocycles. The minimum absolute atomic E-state index is 0.570. The number of aromatic nitrogens is 6. The van der Waals surface area contributed by atoms with Crippen LogP contribution in [0, 0.1) is 0 Å². The van der Waals surface area contributed by atoms with Crippen molar-refractivity contribution in [2.24, 2.45) is 0 Å². The molecule has 144 valence electrons. The number of methoxy groups -OCH3 is 1. The van der Waals surface area contributed by atoms with E-state index in [1.807, 2.05) is 29.2 Å². The Morgan fingerprint density at radius 3 is 2.89 bits per heavy atom. The zero-order chi connectivity index (χ0) is 18.9. The summed E-state index contributed by atoms with van der Waals surface area (Å²) in [5, 5.41) is 13.7. The molecule has 0 unspecified atom stereocenters. The normalized spacial score (nSPS) is 15.0. The molecule has 0 aliphatic carbocycles. The van der Waals surface area contributed by atoms with Gasteiger partial charge in [-0.3, -0.25) is 5.10 Å². The quantitative estimate of drug-likeness (QED) is 0.565. The van der Waals surface area contributed by atoms with E-state index in [-0.39, 0.29) is 0 Å². The van der Waals surface area contributed by atoms with Gasteiger partial charge in [0.05, 0.1) is 55.4 Å². The Kier molecular flexibility index (Phi) is 4.38. The highest BCUT2D eigenvalue weighted by atomic mass is 16.5. The minimum atomic E-state index is 0.570. The van der Waals surface area contributed by atoms with Gasteiger partial charge in [0, 0.05) is 31.1 Å². The average molecular weight is 379 g/mol. The van der Waals surface area contributed by atoms with E-state index in [1.165, 1.54) is 0 Å². The van der Waals surface area contributed by atoms with Crippen LogP contribution in [0.1, 0.15) is 0 Å². The molecule has 1 aliphatic rings. The molecule has 1 aliphatic heterocycles. The molecule has 5 rings (SSSR count). The summed E-state index contributed by atoms with van der Waals surface area (Å²) in [6.45, 7) is 4.10. The molecule has 28 heavy (non-hydrogen) atoms. The van der Waals surface area contributed by atoms with E-state index in [9.17, 15) is 0 Å². The molecule has 4 aromatic rings. The summed E-state index contributed by atoms with van der Waals surface area (Å²) in [6, 6.07) is 6.08. The molecular formula is C19H21N7O2. The maximum atomic E-state index is 5.49. The number of anilines is 1. The third-order valence-electron chi connectivity index (χ3n) is 5.03. The van der Waals surface area contributed by atoms with E-state index in [4.69, 9.17) is 19.4 Å². The van der Waals surface area contributed by atoms with Gasteiger partial charge in [0.25, 0.3) is 0 Å². The molecule has 0 atom stereocenters. The minimum Gasteiger partial charge on any atom is -0.383 e. The second-order valence-corrected chi connectivity index (χ2v) is 6.71. The number of morpholine rings is 1. The first kappa shape index (κ1) is 17.1. The summed E-state index contributed by atoms with van der Waals surface area (Å²) in [7, 11) is 1.69. The van der Waals surface area contributed by atoms with Crippen LogP contribution in [0.4, 0.5) is 5.95 Å². The first-order valence-corrected chi connectivity index (χ1v) is 9.33. The maximum absolute atomic E-state index is 5.49. The Morgan fingerprint density at radius 1 is 1.14 bits per heavy atom. The Balaban J connectivity index is 1.72. The highest BCUT2D eigenvalue weighted by Crippen LogP contribution is 2.32. The van der Waals surface area contributed by atoms with Gasteiger partial charge < -0.3 is 14.4 Å². The fourth-order valence-electron chi connectivity index (χ4n) is 3.57. The number of hydrogen-bond donors (Lipinski definition) is 1. The van der Waals surface area contributed by atoms with Gasteiger partial charge >= 0.3 is 0 Å². The smallest absolute Gasteiger partial charge is 0.228 e. The van der Waals surface area contributed by atoms with E-state index in [1.54, 1.807) is 7.11 Å². The lowest BCUT2D eigenvalue weighted by molar-refractivity contribution is 0.122. The molecule has 0 saturated carbocycles. The lowest BCUT2D eigenvalue weighted by Crippen LogP contribution is -2.37. The number of nitrogens with zero attached hydrogens (tertiary/aromatic N) is 6. The summed E-state index contributed by atoms with van der Waals surface area (Å²) in [5.41, 5.74) is 3.66. The standard InChI is InChI=1S/C19H21N7O2/c1-27-8-7-26-18-15(12-21-26)17(13-3-2-4-16-14(13)11-20-24-16)22-19(23-18)25-5-9-28-10-6-25/h2-4,11-12H,5-10H2,1H3,(H,20,24). The van der Waals surface area contributed by atoms with Crippen LogP contribution in [0.2, 0.25) is 0 Å². The molecule has 1 N–H and O–H groups in total. The third-order valence-corrected chi connectivity index (χ3v) is 5.03. The van der Waals surface area contributed by atoms with Crippen LogP contribution in [-0.4, -0.2) is 70.0 Å². The second-order valence-electron chi connectivity index (χ2n) is 6.71. The summed E-state index contributed by atoms with van der Waals surface area (Å²) in [5.74, 6) is 0.700. The number of fused-ring (bicyclic) bond motifs is 2. The molecule has 1 fully saturated rings. The van der Waals surface area contributed by atoms with Crippen LogP contribution < -0.4 is 4.90 Å². The number of rotatable bonds is 5. The van der Waals surface area contributed by atoms with Gasteiger partial charge in [-0.2, -0.15) is 15.2 Å². The van der Waals surface area contributed by atoms with Crippen molar-refractivity contribution >= 4 is 27.9 Å². The number of H-pyrrole nitrogens is 1. The number of aromatic amines is 1. The second kappa shape index (κ2) is 7.17. The molecule has 3 aromatic heterocycles. The average Bonchev–Trinajstić information content (AvgIpc) is 3.39. The summed E-state index contributed by atoms with van der Waals surface area (Å²) >= 11 is 0. The first-order chi connectivity index (χ1) is 13.8. The number of ether oxygens (including phenoxy) is 2. The summed E-state index contributed by atoms with van der Waals surface area (Å²) < 4.78 is 12.6. The highest BCUT2D eigenvalue weighted by molar-refractivity contribution is 6.01. The zero-order valence-corrected chi connectivity index (χ0v) is 15.6. The maximum Gasteiger partial charge on any atom is 0.228 e. The summed E-state index contributed by atoms with van der Waals surface area (Å²) in [4.78, 5) is 12.0. The van der Waals surface area contributed by atoms with Gasteiger partial charge in [0.2, 0.25) is 5.95 Å². The number of benzene rings is 1. The fourth-order valence-corrected chi connectivity index (χ4v) is 3.57. The Labute approximate surface area is 161 Å². The zero-order valence-electron chi connectivity index (χ0n) is 15.6. The highest BCUT2D eigenvalue weighted by Gasteiger charge is 2.21.